The number of rotatable bonds is 10. The van der Waals surface area contributed by atoms with Gasteiger partial charge in [0.25, 0.3) is 0 Å². The molecule has 0 radical (unpaired) electrons. The standard InChI is InChI=1S/C17H34N4O3/c1-6-21(12-15(22)23)14-10-13(11-14)18-16(24)19-17(2,3)8-7-9-20(4)5/h13-14H,6-12H2,1-5H3,(H,22,23)(H2,18,19,24). The van der Waals surface area contributed by atoms with Gasteiger partial charge in [-0.05, 0) is 66.7 Å². The third kappa shape index (κ3) is 7.49. The predicted molar refractivity (Wildman–Crippen MR) is 95.2 cm³/mol. The molecule has 1 fully saturated rings. The summed E-state index contributed by atoms with van der Waals surface area (Å²) < 4.78 is 0. The van der Waals surface area contributed by atoms with Crippen molar-refractivity contribution in [3.8, 4) is 0 Å². The lowest BCUT2D eigenvalue weighted by Crippen LogP contribution is -2.58. The molecule has 2 amide bonds. The molecule has 0 unspecified atom stereocenters. The highest BCUT2D eigenvalue weighted by molar-refractivity contribution is 5.75. The summed E-state index contributed by atoms with van der Waals surface area (Å²) in [5, 5.41) is 14.9. The first-order valence-electron chi connectivity index (χ1n) is 8.82. The average molecular weight is 342 g/mol. The van der Waals surface area contributed by atoms with Crippen LogP contribution in [0.3, 0.4) is 0 Å². The second-order valence-corrected chi connectivity index (χ2v) is 7.67. The van der Waals surface area contributed by atoms with Gasteiger partial charge >= 0.3 is 12.0 Å². The average Bonchev–Trinajstić information content (AvgIpc) is 2.38. The van der Waals surface area contributed by atoms with Crippen LogP contribution in [-0.2, 0) is 4.79 Å². The fourth-order valence-electron chi connectivity index (χ4n) is 3.11. The number of carboxylic acid groups (broad SMARTS) is 1. The van der Waals surface area contributed by atoms with Crippen molar-refractivity contribution in [2.24, 2.45) is 0 Å². The quantitative estimate of drug-likeness (QED) is 0.558. The number of aliphatic carboxylic acids is 1. The van der Waals surface area contributed by atoms with Crippen molar-refractivity contribution >= 4 is 12.0 Å². The van der Waals surface area contributed by atoms with Gasteiger partial charge in [-0.2, -0.15) is 0 Å². The Morgan fingerprint density at radius 1 is 1.25 bits per heavy atom. The first-order chi connectivity index (χ1) is 11.1. The van der Waals surface area contributed by atoms with Crippen molar-refractivity contribution in [3.05, 3.63) is 0 Å². The van der Waals surface area contributed by atoms with Crippen LogP contribution in [-0.4, -0.2) is 78.3 Å². The van der Waals surface area contributed by atoms with E-state index in [1.165, 1.54) is 0 Å². The summed E-state index contributed by atoms with van der Waals surface area (Å²) in [4.78, 5) is 27.1. The first-order valence-corrected chi connectivity index (χ1v) is 8.82. The van der Waals surface area contributed by atoms with Gasteiger partial charge in [-0.15, -0.1) is 0 Å². The molecule has 0 aliphatic heterocycles. The van der Waals surface area contributed by atoms with Crippen LogP contribution in [0.4, 0.5) is 4.79 Å². The van der Waals surface area contributed by atoms with Crippen LogP contribution in [0.25, 0.3) is 0 Å². The zero-order chi connectivity index (χ0) is 18.3. The molecule has 1 rings (SSSR count). The van der Waals surface area contributed by atoms with Gasteiger partial charge in [0.05, 0.1) is 6.54 Å². The number of likely N-dealkylation sites (N-methyl/N-ethyl adjacent to an activating group) is 1. The zero-order valence-electron chi connectivity index (χ0n) is 15.8. The Kier molecular flexibility index (Phi) is 7.96. The number of carboxylic acids is 1. The molecule has 1 aliphatic rings. The van der Waals surface area contributed by atoms with E-state index >= 15 is 0 Å². The molecule has 1 aliphatic carbocycles. The summed E-state index contributed by atoms with van der Waals surface area (Å²) in [5.74, 6) is -0.800. The molecular weight excluding hydrogens is 308 g/mol. The highest BCUT2D eigenvalue weighted by Gasteiger charge is 2.35. The molecule has 0 atom stereocenters. The second kappa shape index (κ2) is 9.22. The molecule has 0 aromatic rings. The molecule has 0 bridgehead atoms. The predicted octanol–water partition coefficient (Wildman–Crippen LogP) is 1.34. The fourth-order valence-corrected chi connectivity index (χ4v) is 3.11. The number of hydrogen-bond donors (Lipinski definition) is 3. The van der Waals surface area contributed by atoms with Gasteiger partial charge in [0, 0.05) is 17.6 Å². The van der Waals surface area contributed by atoms with Crippen LogP contribution in [0.5, 0.6) is 0 Å². The molecule has 0 spiro atoms. The molecule has 0 heterocycles. The van der Waals surface area contributed by atoms with Gasteiger partial charge in [-0.25, -0.2) is 4.79 Å². The molecule has 0 aromatic carbocycles. The third-order valence-electron chi connectivity index (χ3n) is 4.57. The van der Waals surface area contributed by atoms with Crippen molar-refractivity contribution < 1.29 is 14.7 Å². The Hall–Kier alpha value is -1.34. The maximum absolute atomic E-state index is 12.1. The van der Waals surface area contributed by atoms with Crippen LogP contribution in [0.1, 0.15) is 46.5 Å². The Morgan fingerprint density at radius 2 is 1.88 bits per heavy atom. The van der Waals surface area contributed by atoms with Crippen LogP contribution in [0, 0.1) is 0 Å². The smallest absolute Gasteiger partial charge is 0.317 e. The lowest BCUT2D eigenvalue weighted by Gasteiger charge is -2.42. The Balaban J connectivity index is 2.28. The molecule has 24 heavy (non-hydrogen) atoms. The van der Waals surface area contributed by atoms with Gasteiger partial charge in [-0.3, -0.25) is 9.69 Å². The Labute approximate surface area is 145 Å². The van der Waals surface area contributed by atoms with Crippen LogP contribution >= 0.6 is 0 Å². The highest BCUT2D eigenvalue weighted by atomic mass is 16.4. The molecule has 7 heteroatoms. The van der Waals surface area contributed by atoms with Crippen molar-refractivity contribution in [1.29, 1.82) is 0 Å². The highest BCUT2D eigenvalue weighted by Crippen LogP contribution is 2.25. The van der Waals surface area contributed by atoms with Crippen molar-refractivity contribution in [2.45, 2.75) is 64.1 Å². The second-order valence-electron chi connectivity index (χ2n) is 7.67. The summed E-state index contributed by atoms with van der Waals surface area (Å²) in [6.07, 6.45) is 3.59. The van der Waals surface area contributed by atoms with Gasteiger partial charge < -0.3 is 20.6 Å². The number of nitrogens with zero attached hydrogens (tertiary/aromatic N) is 2. The van der Waals surface area contributed by atoms with E-state index in [0.717, 1.165) is 38.8 Å². The molecule has 7 nitrogen and oxygen atoms in total. The van der Waals surface area contributed by atoms with E-state index in [4.69, 9.17) is 5.11 Å². The van der Waals surface area contributed by atoms with E-state index in [2.05, 4.69) is 15.5 Å². The minimum Gasteiger partial charge on any atom is -0.480 e. The van der Waals surface area contributed by atoms with Gasteiger partial charge in [0.1, 0.15) is 0 Å². The summed E-state index contributed by atoms with van der Waals surface area (Å²) in [6, 6.07) is 0.259. The largest absolute Gasteiger partial charge is 0.480 e. The minimum absolute atomic E-state index is 0.0684. The molecular formula is C17H34N4O3. The van der Waals surface area contributed by atoms with Crippen LogP contribution in [0.15, 0.2) is 0 Å². The van der Waals surface area contributed by atoms with Crippen molar-refractivity contribution in [2.75, 3.05) is 33.7 Å². The van der Waals surface area contributed by atoms with Crippen molar-refractivity contribution in [3.63, 3.8) is 0 Å². The fraction of sp³-hybridized carbons (Fsp3) is 0.882. The molecule has 0 aromatic heterocycles. The summed E-state index contributed by atoms with van der Waals surface area (Å²) in [7, 11) is 4.09. The molecule has 3 N–H and O–H groups in total. The minimum atomic E-state index is -0.800. The molecule has 140 valence electrons. The van der Waals surface area contributed by atoms with Gasteiger partial charge in [-0.1, -0.05) is 6.92 Å². The SMILES string of the molecule is CCN(CC(=O)O)C1CC(NC(=O)NC(C)(C)CCCN(C)C)C1. The number of urea groups is 1. The van der Waals surface area contributed by atoms with Crippen LogP contribution in [0.2, 0.25) is 0 Å². The first kappa shape index (κ1) is 20.7. The van der Waals surface area contributed by atoms with E-state index in [1.807, 2.05) is 39.8 Å². The molecule has 0 saturated heterocycles. The molecule has 1 saturated carbocycles. The maximum atomic E-state index is 12.1. The number of carbonyl (C=O) groups is 2. The number of hydrogen-bond acceptors (Lipinski definition) is 4. The zero-order valence-corrected chi connectivity index (χ0v) is 15.8. The van der Waals surface area contributed by atoms with E-state index in [9.17, 15) is 9.59 Å². The van der Waals surface area contributed by atoms with E-state index in [0.29, 0.717) is 0 Å². The Bertz CT molecular complexity index is 420. The number of amides is 2. The van der Waals surface area contributed by atoms with E-state index in [-0.39, 0.29) is 30.2 Å². The van der Waals surface area contributed by atoms with E-state index < -0.39 is 5.97 Å². The monoisotopic (exact) mass is 342 g/mol. The Morgan fingerprint density at radius 3 is 2.38 bits per heavy atom. The van der Waals surface area contributed by atoms with Gasteiger partial charge in [0.2, 0.25) is 0 Å². The lowest BCUT2D eigenvalue weighted by molar-refractivity contribution is -0.139. The summed E-state index contributed by atoms with van der Waals surface area (Å²) >= 11 is 0. The van der Waals surface area contributed by atoms with E-state index in [1.54, 1.807) is 0 Å². The maximum Gasteiger partial charge on any atom is 0.317 e. The normalized spacial score (nSPS) is 20.8. The number of carbonyl (C=O) groups excluding carboxylic acids is 1. The topological polar surface area (TPSA) is 84.9 Å². The lowest BCUT2D eigenvalue weighted by atomic mass is 9.85. The summed E-state index contributed by atoms with van der Waals surface area (Å²) in [5.41, 5.74) is -0.234. The van der Waals surface area contributed by atoms with Crippen LogP contribution < -0.4 is 10.6 Å². The van der Waals surface area contributed by atoms with Gasteiger partial charge in [0.15, 0.2) is 0 Å². The summed E-state index contributed by atoms with van der Waals surface area (Å²) in [6.45, 7) is 7.84. The third-order valence-corrected chi connectivity index (χ3v) is 4.57. The number of nitrogens with one attached hydrogen (secondary N) is 2. The van der Waals surface area contributed by atoms with Crippen molar-refractivity contribution in [1.82, 2.24) is 20.4 Å².